The van der Waals surface area contributed by atoms with E-state index >= 15 is 0 Å². The van der Waals surface area contributed by atoms with Crippen LogP contribution in [0.25, 0.3) is 0 Å². The molecule has 2 aliphatic rings. The van der Waals surface area contributed by atoms with Crippen LogP contribution in [-0.4, -0.2) is 71.3 Å². The van der Waals surface area contributed by atoms with Gasteiger partial charge < -0.3 is 37.1 Å². The summed E-state index contributed by atoms with van der Waals surface area (Å²) in [5, 5.41) is 23.4. The number of amides is 2. The zero-order valence-corrected chi connectivity index (χ0v) is 18.7. The largest absolute Gasteiger partial charge is 0.481 e. The highest BCUT2D eigenvalue weighted by molar-refractivity contribution is 5.86. The smallest absolute Gasteiger partial charge is 0.329 e. The molecule has 12 heteroatoms. The lowest BCUT2D eigenvalue weighted by Gasteiger charge is -2.34. The second-order valence-electron chi connectivity index (χ2n) is 8.81. The van der Waals surface area contributed by atoms with Gasteiger partial charge in [-0.05, 0) is 44.4 Å². The summed E-state index contributed by atoms with van der Waals surface area (Å²) in [6.07, 6.45) is 4.84. The number of ether oxygens (including phenoxy) is 1. The number of carbonyl (C=O) groups is 4. The molecule has 0 saturated heterocycles. The number of nitrogens with zero attached hydrogens (tertiary/aromatic N) is 1. The first kappa shape index (κ1) is 26.4. The summed E-state index contributed by atoms with van der Waals surface area (Å²) < 4.78 is 5.37. The summed E-state index contributed by atoms with van der Waals surface area (Å²) in [7, 11) is 0. The van der Waals surface area contributed by atoms with Gasteiger partial charge in [0.1, 0.15) is 6.61 Å². The predicted molar refractivity (Wildman–Crippen MR) is 118 cm³/mol. The van der Waals surface area contributed by atoms with E-state index in [1.807, 2.05) is 0 Å². The lowest BCUT2D eigenvalue weighted by molar-refractivity contribution is -0.145. The monoisotopic (exact) mass is 469 g/mol. The van der Waals surface area contributed by atoms with Crippen LogP contribution in [0.1, 0.15) is 57.8 Å². The first-order chi connectivity index (χ1) is 15.6. The molecule has 2 fully saturated rings. The normalized spacial score (nSPS) is 25.9. The summed E-state index contributed by atoms with van der Waals surface area (Å²) in [5.41, 5.74) is 10.8. The predicted octanol–water partition coefficient (Wildman–Crippen LogP) is -0.446. The van der Waals surface area contributed by atoms with E-state index in [9.17, 15) is 24.3 Å². The highest BCUT2D eigenvalue weighted by Crippen LogP contribution is 2.30. The van der Waals surface area contributed by atoms with Crippen molar-refractivity contribution in [3.05, 3.63) is 0 Å². The molecule has 8 N–H and O–H groups in total. The summed E-state index contributed by atoms with van der Waals surface area (Å²) in [5.74, 6) is -3.30. The molecule has 2 rings (SSSR count). The van der Waals surface area contributed by atoms with Crippen LogP contribution in [0.2, 0.25) is 0 Å². The molecule has 186 valence electrons. The molecule has 2 saturated carbocycles. The Balaban J connectivity index is 1.86. The lowest BCUT2D eigenvalue weighted by Crippen LogP contribution is -2.48. The molecule has 2 aliphatic carbocycles. The van der Waals surface area contributed by atoms with Crippen molar-refractivity contribution in [2.75, 3.05) is 13.2 Å². The van der Waals surface area contributed by atoms with Gasteiger partial charge in [0.2, 0.25) is 11.8 Å². The molecule has 0 heterocycles. The van der Waals surface area contributed by atoms with Crippen molar-refractivity contribution in [3.63, 3.8) is 0 Å². The standard InChI is InChI=1S/C21H35N5O7/c22-21(23)25-14-5-1-4-13(7-14)20(32)24-10-17(27)26-16(9-18(28)29)12-3-2-6-15(8-12)33-11-19(30)31/h12-16H,1-11H2,(H,24,32)(H,26,27)(H,28,29)(H,30,31)(H4,22,23,25). The summed E-state index contributed by atoms with van der Waals surface area (Å²) in [4.78, 5) is 51.2. The maximum absolute atomic E-state index is 12.5. The van der Waals surface area contributed by atoms with E-state index < -0.39 is 30.5 Å². The van der Waals surface area contributed by atoms with Crippen molar-refractivity contribution in [2.24, 2.45) is 28.3 Å². The van der Waals surface area contributed by atoms with Crippen LogP contribution in [0.3, 0.4) is 0 Å². The van der Waals surface area contributed by atoms with E-state index in [1.54, 1.807) is 0 Å². The van der Waals surface area contributed by atoms with Gasteiger partial charge in [-0.1, -0.05) is 12.8 Å². The zero-order valence-electron chi connectivity index (χ0n) is 18.7. The number of hydrogen-bond acceptors (Lipinski definition) is 6. The van der Waals surface area contributed by atoms with E-state index in [0.29, 0.717) is 32.1 Å². The molecule has 12 nitrogen and oxygen atoms in total. The number of aliphatic imine (C=N–C) groups is 1. The Hall–Kier alpha value is -2.89. The minimum atomic E-state index is -1.06. The van der Waals surface area contributed by atoms with Crippen LogP contribution in [0.5, 0.6) is 0 Å². The van der Waals surface area contributed by atoms with Crippen molar-refractivity contribution in [1.29, 1.82) is 0 Å². The van der Waals surface area contributed by atoms with Gasteiger partial charge in [0.05, 0.1) is 25.1 Å². The van der Waals surface area contributed by atoms with Crippen LogP contribution in [-0.2, 0) is 23.9 Å². The maximum atomic E-state index is 12.5. The van der Waals surface area contributed by atoms with Gasteiger partial charge in [0, 0.05) is 12.0 Å². The van der Waals surface area contributed by atoms with E-state index in [2.05, 4.69) is 15.6 Å². The fraction of sp³-hybridized carbons (Fsp3) is 0.762. The van der Waals surface area contributed by atoms with Crippen LogP contribution < -0.4 is 22.1 Å². The quantitative estimate of drug-likeness (QED) is 0.171. The molecule has 0 aromatic carbocycles. The number of nitrogens with two attached hydrogens (primary N) is 2. The van der Waals surface area contributed by atoms with Gasteiger partial charge in [-0.15, -0.1) is 0 Å². The number of carboxylic acid groups (broad SMARTS) is 2. The van der Waals surface area contributed by atoms with Gasteiger partial charge >= 0.3 is 11.9 Å². The van der Waals surface area contributed by atoms with Crippen molar-refractivity contribution < 1.29 is 34.1 Å². The van der Waals surface area contributed by atoms with E-state index in [0.717, 1.165) is 19.3 Å². The number of hydrogen-bond donors (Lipinski definition) is 6. The van der Waals surface area contributed by atoms with Gasteiger partial charge in [-0.2, -0.15) is 0 Å². The summed E-state index contributed by atoms with van der Waals surface area (Å²) in [6.45, 7) is -0.672. The molecule has 5 atom stereocenters. The van der Waals surface area contributed by atoms with Gasteiger partial charge in [-0.25, -0.2) is 4.79 Å². The molecule has 33 heavy (non-hydrogen) atoms. The average Bonchev–Trinajstić information content (AvgIpc) is 2.75. The molecular weight excluding hydrogens is 434 g/mol. The Labute approximate surface area is 192 Å². The van der Waals surface area contributed by atoms with Crippen LogP contribution in [0.4, 0.5) is 0 Å². The average molecular weight is 470 g/mol. The fourth-order valence-corrected chi connectivity index (χ4v) is 4.71. The number of nitrogens with one attached hydrogen (secondary N) is 2. The molecule has 2 amide bonds. The number of carbonyl (C=O) groups excluding carboxylic acids is 2. The Morgan fingerprint density at radius 2 is 1.73 bits per heavy atom. The Morgan fingerprint density at radius 1 is 1.00 bits per heavy atom. The third-order valence-electron chi connectivity index (χ3n) is 6.19. The van der Waals surface area contributed by atoms with Crippen molar-refractivity contribution in [1.82, 2.24) is 10.6 Å². The highest BCUT2D eigenvalue weighted by Gasteiger charge is 2.32. The minimum Gasteiger partial charge on any atom is -0.481 e. The first-order valence-corrected chi connectivity index (χ1v) is 11.3. The number of carboxylic acids is 2. The highest BCUT2D eigenvalue weighted by atomic mass is 16.5. The van der Waals surface area contributed by atoms with Crippen LogP contribution >= 0.6 is 0 Å². The van der Waals surface area contributed by atoms with E-state index in [-0.39, 0.29) is 48.8 Å². The number of aliphatic carboxylic acids is 2. The van der Waals surface area contributed by atoms with Gasteiger partial charge in [-0.3, -0.25) is 19.4 Å². The van der Waals surface area contributed by atoms with Crippen molar-refractivity contribution in [2.45, 2.75) is 76.0 Å². The molecule has 0 radical (unpaired) electrons. The SMILES string of the molecule is NC(N)=NC1CCCC(C(=O)NCC(=O)NC(CC(=O)O)C2CCCC(OCC(=O)O)C2)C1. The Bertz CT molecular complexity index is 741. The Kier molecular flexibility index (Phi) is 10.4. The fourth-order valence-electron chi connectivity index (χ4n) is 4.71. The molecule has 0 aromatic rings. The van der Waals surface area contributed by atoms with Crippen molar-refractivity contribution in [3.8, 4) is 0 Å². The van der Waals surface area contributed by atoms with Crippen molar-refractivity contribution >= 4 is 29.7 Å². The molecule has 0 aliphatic heterocycles. The molecule has 5 unspecified atom stereocenters. The molecule has 0 spiro atoms. The zero-order chi connectivity index (χ0) is 24.4. The summed E-state index contributed by atoms with van der Waals surface area (Å²) in [6, 6.07) is -0.750. The lowest BCUT2D eigenvalue weighted by atomic mass is 9.81. The summed E-state index contributed by atoms with van der Waals surface area (Å²) >= 11 is 0. The van der Waals surface area contributed by atoms with Gasteiger partial charge in [0.15, 0.2) is 5.96 Å². The van der Waals surface area contributed by atoms with Gasteiger partial charge in [0.25, 0.3) is 0 Å². The first-order valence-electron chi connectivity index (χ1n) is 11.3. The maximum Gasteiger partial charge on any atom is 0.329 e. The topological polar surface area (TPSA) is 206 Å². The number of guanidine groups is 1. The second-order valence-corrected chi connectivity index (χ2v) is 8.81. The third kappa shape index (κ3) is 9.64. The third-order valence-corrected chi connectivity index (χ3v) is 6.19. The molecule has 0 bridgehead atoms. The molecular formula is C21H35N5O7. The minimum absolute atomic E-state index is 0.0109. The van der Waals surface area contributed by atoms with E-state index in [1.165, 1.54) is 0 Å². The number of rotatable bonds is 11. The Morgan fingerprint density at radius 3 is 2.39 bits per heavy atom. The van der Waals surface area contributed by atoms with Crippen LogP contribution in [0, 0.1) is 11.8 Å². The molecule has 0 aromatic heterocycles. The second kappa shape index (κ2) is 13.0. The van der Waals surface area contributed by atoms with E-state index in [4.69, 9.17) is 21.3 Å². The van der Waals surface area contributed by atoms with Crippen LogP contribution in [0.15, 0.2) is 4.99 Å².